The maximum Gasteiger partial charge on any atom is 0.339 e. The maximum absolute atomic E-state index is 13.3. The van der Waals surface area contributed by atoms with Crippen molar-refractivity contribution in [1.82, 2.24) is 4.31 Å². The molecule has 0 aliphatic carbocycles. The molecule has 1 fully saturated rings. The summed E-state index contributed by atoms with van der Waals surface area (Å²) in [5.41, 5.74) is 3.07. The van der Waals surface area contributed by atoms with Crippen LogP contribution in [0, 0.1) is 13.8 Å². The monoisotopic (exact) mass is 477 g/mol. The van der Waals surface area contributed by atoms with Gasteiger partial charge in [0.1, 0.15) is 0 Å². The summed E-state index contributed by atoms with van der Waals surface area (Å²) in [5.74, 6) is -1.11. The van der Waals surface area contributed by atoms with Gasteiger partial charge in [-0.1, -0.05) is 65.7 Å². The average molecular weight is 478 g/mol. The topological polar surface area (TPSA) is 80.8 Å². The highest BCUT2D eigenvalue weighted by Crippen LogP contribution is 2.26. The highest BCUT2D eigenvalue weighted by Gasteiger charge is 2.30. The van der Waals surface area contributed by atoms with Crippen molar-refractivity contribution in [3.8, 4) is 0 Å². The molecule has 3 aromatic rings. The Bertz CT molecular complexity index is 1290. The lowest BCUT2D eigenvalue weighted by atomic mass is 9.98. The van der Waals surface area contributed by atoms with E-state index in [1.165, 1.54) is 28.6 Å². The second kappa shape index (κ2) is 9.91. The molecule has 3 aromatic carbocycles. The van der Waals surface area contributed by atoms with Crippen LogP contribution in [0.1, 0.15) is 56.4 Å². The largest absolute Gasteiger partial charge is 0.445 e. The molecule has 176 valence electrons. The fourth-order valence-corrected chi connectivity index (χ4v) is 5.48. The molecule has 0 N–H and O–H groups in total. The molecule has 0 spiro atoms. The quantitative estimate of drug-likeness (QED) is 0.358. The molecule has 1 unspecified atom stereocenters. The van der Waals surface area contributed by atoms with Crippen LogP contribution in [-0.2, 0) is 14.8 Å². The van der Waals surface area contributed by atoms with E-state index < -0.39 is 22.1 Å². The molecule has 0 aromatic heterocycles. The molecule has 1 aliphatic heterocycles. The third kappa shape index (κ3) is 5.11. The van der Waals surface area contributed by atoms with E-state index in [1.807, 2.05) is 38.1 Å². The lowest BCUT2D eigenvalue weighted by molar-refractivity contribution is 0.0279. The molecule has 0 saturated carbocycles. The molecule has 4 rings (SSSR count). The predicted molar refractivity (Wildman–Crippen MR) is 129 cm³/mol. The lowest BCUT2D eigenvalue weighted by Gasteiger charge is -2.19. The second-order valence-corrected chi connectivity index (χ2v) is 10.5. The number of aryl methyl sites for hydroxylation is 2. The Kier molecular flexibility index (Phi) is 6.95. The summed E-state index contributed by atoms with van der Waals surface area (Å²) in [6.07, 6.45) is 0.482. The minimum Gasteiger partial charge on any atom is -0.445 e. The van der Waals surface area contributed by atoms with E-state index in [9.17, 15) is 18.0 Å². The van der Waals surface area contributed by atoms with Gasteiger partial charge in [-0.15, -0.1) is 0 Å². The number of rotatable bonds is 7. The number of carbonyl (C=O) groups is 2. The summed E-state index contributed by atoms with van der Waals surface area (Å²) in [6.45, 7) is 4.79. The first kappa shape index (κ1) is 23.9. The number of nitrogens with zero attached hydrogens (tertiary/aromatic N) is 1. The van der Waals surface area contributed by atoms with Gasteiger partial charge in [0.25, 0.3) is 0 Å². The zero-order valence-corrected chi connectivity index (χ0v) is 20.0. The van der Waals surface area contributed by atoms with Gasteiger partial charge < -0.3 is 4.74 Å². The van der Waals surface area contributed by atoms with Crippen molar-refractivity contribution in [3.63, 3.8) is 0 Å². The van der Waals surface area contributed by atoms with Crippen LogP contribution >= 0.6 is 0 Å². The van der Waals surface area contributed by atoms with Gasteiger partial charge in [0.2, 0.25) is 15.8 Å². The van der Waals surface area contributed by atoms with E-state index in [2.05, 4.69) is 0 Å². The average Bonchev–Trinajstić information content (AvgIpc) is 3.39. The van der Waals surface area contributed by atoms with Crippen LogP contribution in [0.2, 0.25) is 0 Å². The van der Waals surface area contributed by atoms with Crippen LogP contribution in [0.4, 0.5) is 0 Å². The summed E-state index contributed by atoms with van der Waals surface area (Å²) in [5, 5.41) is 0. The predicted octanol–water partition coefficient (Wildman–Crippen LogP) is 4.87. The number of hydrogen-bond donors (Lipinski definition) is 0. The van der Waals surface area contributed by atoms with Gasteiger partial charge in [-0.3, -0.25) is 4.79 Å². The number of sulfonamides is 1. The Hall–Kier alpha value is -3.29. The molecule has 0 radical (unpaired) electrons. The summed E-state index contributed by atoms with van der Waals surface area (Å²) in [6, 6.07) is 20.1. The lowest BCUT2D eigenvalue weighted by Crippen LogP contribution is -2.28. The smallest absolute Gasteiger partial charge is 0.339 e. The molecule has 1 aliphatic rings. The van der Waals surface area contributed by atoms with Crippen LogP contribution in [-0.4, -0.2) is 37.6 Å². The van der Waals surface area contributed by atoms with E-state index in [0.29, 0.717) is 24.2 Å². The number of hydrogen-bond acceptors (Lipinski definition) is 5. The summed E-state index contributed by atoms with van der Waals surface area (Å²) >= 11 is 0. The van der Waals surface area contributed by atoms with Crippen molar-refractivity contribution in [2.45, 2.75) is 37.7 Å². The molecule has 1 heterocycles. The minimum atomic E-state index is -3.68. The van der Waals surface area contributed by atoms with Crippen LogP contribution in [0.5, 0.6) is 0 Å². The fourth-order valence-electron chi connectivity index (χ4n) is 3.92. The molecular weight excluding hydrogens is 450 g/mol. The van der Waals surface area contributed by atoms with Gasteiger partial charge in [0.05, 0.1) is 10.5 Å². The molecule has 0 amide bonds. The van der Waals surface area contributed by atoms with Crippen molar-refractivity contribution >= 4 is 21.8 Å². The fraction of sp³-hybridized carbons (Fsp3) is 0.259. The van der Waals surface area contributed by atoms with Gasteiger partial charge in [-0.05, 0) is 44.9 Å². The Morgan fingerprint density at radius 1 is 0.824 bits per heavy atom. The highest BCUT2D eigenvalue weighted by atomic mass is 32.2. The molecule has 1 saturated heterocycles. The van der Waals surface area contributed by atoms with Crippen molar-refractivity contribution in [1.29, 1.82) is 0 Å². The number of carbonyl (C=O) groups excluding carboxylic acids is 2. The van der Waals surface area contributed by atoms with Gasteiger partial charge in [0.15, 0.2) is 6.10 Å². The van der Waals surface area contributed by atoms with Gasteiger partial charge in [0, 0.05) is 24.2 Å². The number of Topliss-reactive ketones (excluding diaryl/α,β-unsaturated/α-hetero) is 1. The van der Waals surface area contributed by atoms with E-state index in [4.69, 9.17) is 4.74 Å². The Balaban J connectivity index is 1.64. The highest BCUT2D eigenvalue weighted by molar-refractivity contribution is 7.89. The molecule has 1 atom stereocenters. The molecule has 34 heavy (non-hydrogen) atoms. The van der Waals surface area contributed by atoms with Crippen LogP contribution < -0.4 is 0 Å². The standard InChI is InChI=1S/C27H27NO5S/c1-19-8-12-21(13-9-19)25(29)26(22-14-10-20(2)11-15-22)33-27(30)23-6-5-7-24(18-23)34(31,32)28-16-3-4-17-28/h5-15,18,26H,3-4,16-17H2,1-2H3. The van der Waals surface area contributed by atoms with Gasteiger partial charge in [-0.25, -0.2) is 13.2 Å². The van der Waals surface area contributed by atoms with E-state index in [-0.39, 0.29) is 16.2 Å². The first-order chi connectivity index (χ1) is 16.3. The number of ketones is 1. The summed E-state index contributed by atoms with van der Waals surface area (Å²) in [4.78, 5) is 26.5. The Labute approximate surface area is 200 Å². The van der Waals surface area contributed by atoms with Crippen LogP contribution in [0.25, 0.3) is 0 Å². The Morgan fingerprint density at radius 3 is 2.03 bits per heavy atom. The van der Waals surface area contributed by atoms with E-state index >= 15 is 0 Å². The van der Waals surface area contributed by atoms with E-state index in [1.54, 1.807) is 24.3 Å². The minimum absolute atomic E-state index is 0.0422. The number of ether oxygens (including phenoxy) is 1. The van der Waals surface area contributed by atoms with Gasteiger partial charge >= 0.3 is 5.97 Å². The zero-order valence-electron chi connectivity index (χ0n) is 19.2. The number of benzene rings is 3. The SMILES string of the molecule is Cc1ccc(C(=O)C(OC(=O)c2cccc(S(=O)(=O)N3CCCC3)c2)c2ccc(C)cc2)cc1. The maximum atomic E-state index is 13.3. The summed E-state index contributed by atoms with van der Waals surface area (Å²) < 4.78 is 33.0. The second-order valence-electron chi connectivity index (χ2n) is 8.57. The summed E-state index contributed by atoms with van der Waals surface area (Å²) in [7, 11) is -3.68. The first-order valence-electron chi connectivity index (χ1n) is 11.2. The third-order valence-corrected chi connectivity index (χ3v) is 7.85. The van der Waals surface area contributed by atoms with Crippen molar-refractivity contribution in [2.75, 3.05) is 13.1 Å². The Morgan fingerprint density at radius 2 is 1.41 bits per heavy atom. The zero-order chi connectivity index (χ0) is 24.3. The van der Waals surface area contributed by atoms with Gasteiger partial charge in [-0.2, -0.15) is 4.31 Å². The van der Waals surface area contributed by atoms with Crippen LogP contribution in [0.15, 0.2) is 77.7 Å². The molecule has 7 heteroatoms. The van der Waals surface area contributed by atoms with Crippen molar-refractivity contribution in [2.24, 2.45) is 0 Å². The first-order valence-corrected chi connectivity index (χ1v) is 12.7. The van der Waals surface area contributed by atoms with Crippen LogP contribution in [0.3, 0.4) is 0 Å². The third-order valence-electron chi connectivity index (χ3n) is 5.95. The number of esters is 1. The molecule has 0 bridgehead atoms. The molecule has 6 nitrogen and oxygen atoms in total. The molecular formula is C27H27NO5S. The van der Waals surface area contributed by atoms with E-state index in [0.717, 1.165) is 24.0 Å². The van der Waals surface area contributed by atoms with Crippen molar-refractivity contribution in [3.05, 3.63) is 101 Å². The normalized spacial score (nSPS) is 15.1. The van der Waals surface area contributed by atoms with Crippen molar-refractivity contribution < 1.29 is 22.7 Å².